The molecule has 0 atom stereocenters. The first-order chi connectivity index (χ1) is 16.1. The van der Waals surface area contributed by atoms with Gasteiger partial charge in [0.2, 0.25) is 0 Å². The van der Waals surface area contributed by atoms with Crippen molar-refractivity contribution in [3.8, 4) is 0 Å². The van der Waals surface area contributed by atoms with E-state index in [4.69, 9.17) is 0 Å². The molecule has 0 aliphatic heterocycles. The highest BCUT2D eigenvalue weighted by Gasteiger charge is 2.16. The fourth-order valence-electron chi connectivity index (χ4n) is 4.44. The number of benzene rings is 4. The van der Waals surface area contributed by atoms with Crippen LogP contribution >= 0.6 is 0 Å². The van der Waals surface area contributed by atoms with Crippen LogP contribution in [0.5, 0.6) is 0 Å². The van der Waals surface area contributed by atoms with Crippen LogP contribution in [0.15, 0.2) is 48.5 Å². The van der Waals surface area contributed by atoms with Gasteiger partial charge in [-0.1, -0.05) is 24.3 Å². The molecule has 4 rings (SSSR count). The van der Waals surface area contributed by atoms with Gasteiger partial charge in [0.1, 0.15) is 0 Å². The zero-order valence-electron chi connectivity index (χ0n) is 17.9. The fourth-order valence-corrected chi connectivity index (χ4v) is 4.44. The number of fused-ring (bicyclic) bond motifs is 3. The lowest BCUT2D eigenvalue weighted by Gasteiger charge is -2.14. The summed E-state index contributed by atoms with van der Waals surface area (Å²) in [5.41, 5.74) is 2.13. The molecule has 0 bridgehead atoms. The number of rotatable bonds is 8. The molecule has 34 heavy (non-hydrogen) atoms. The van der Waals surface area contributed by atoms with Gasteiger partial charge in [-0.2, -0.15) is 0 Å². The first-order valence-electron chi connectivity index (χ1n) is 10.4. The second kappa shape index (κ2) is 8.82. The van der Waals surface area contributed by atoms with Crippen LogP contribution in [0.4, 0.5) is 0 Å². The molecule has 0 spiro atoms. The Morgan fingerprint density at radius 2 is 0.647 bits per heavy atom. The molecular formula is C26H20O8. The van der Waals surface area contributed by atoms with E-state index in [-0.39, 0.29) is 25.7 Å². The Labute approximate surface area is 192 Å². The third kappa shape index (κ3) is 4.52. The molecule has 0 fully saturated rings. The summed E-state index contributed by atoms with van der Waals surface area (Å²) in [5.74, 6) is -4.08. The van der Waals surface area contributed by atoms with Crippen molar-refractivity contribution in [1.29, 1.82) is 0 Å². The molecular weight excluding hydrogens is 440 g/mol. The summed E-state index contributed by atoms with van der Waals surface area (Å²) in [5, 5.41) is 41.1. The summed E-state index contributed by atoms with van der Waals surface area (Å²) in [4.78, 5) is 45.6. The number of carbonyl (C=O) groups is 4. The van der Waals surface area contributed by atoms with E-state index in [9.17, 15) is 39.6 Å². The third-order valence-corrected chi connectivity index (χ3v) is 5.83. The number of hydrogen-bond acceptors (Lipinski definition) is 4. The maximum atomic E-state index is 11.4. The van der Waals surface area contributed by atoms with Gasteiger partial charge in [0.25, 0.3) is 0 Å². The van der Waals surface area contributed by atoms with E-state index in [1.54, 1.807) is 48.5 Å². The maximum Gasteiger partial charge on any atom is 0.307 e. The van der Waals surface area contributed by atoms with Crippen LogP contribution in [0.2, 0.25) is 0 Å². The summed E-state index contributed by atoms with van der Waals surface area (Å²) in [7, 11) is 0. The summed E-state index contributed by atoms with van der Waals surface area (Å²) < 4.78 is 0. The van der Waals surface area contributed by atoms with Crippen LogP contribution in [0, 0.1) is 0 Å². The zero-order chi connectivity index (χ0) is 24.6. The van der Waals surface area contributed by atoms with Crippen LogP contribution in [-0.2, 0) is 44.9 Å². The molecule has 0 heterocycles. The standard InChI is InChI=1S/C26H20O8/c27-23(28)9-13-1-2-14(10-24(29)30)20-6-18-8-22-16(12-26(33)34)4-3-15(11-25(31)32)21(22)7-17(18)5-19(13)20/h1-8H,9-12H2,(H,27,28)(H,29,30)(H,31,32)(H,33,34). The Morgan fingerprint density at radius 3 is 0.824 bits per heavy atom. The quantitative estimate of drug-likeness (QED) is 0.291. The van der Waals surface area contributed by atoms with Crippen LogP contribution in [0.3, 0.4) is 0 Å². The second-order valence-corrected chi connectivity index (χ2v) is 8.19. The Bertz CT molecular complexity index is 1290. The molecule has 4 aromatic rings. The Morgan fingerprint density at radius 1 is 0.441 bits per heavy atom. The molecule has 0 aromatic heterocycles. The van der Waals surface area contributed by atoms with Gasteiger partial charge in [0.05, 0.1) is 25.7 Å². The number of carboxylic acid groups (broad SMARTS) is 4. The van der Waals surface area contributed by atoms with E-state index in [1.807, 2.05) is 0 Å². The molecule has 0 amide bonds. The van der Waals surface area contributed by atoms with Gasteiger partial charge in [-0.25, -0.2) is 0 Å². The molecule has 0 aliphatic carbocycles. The van der Waals surface area contributed by atoms with Gasteiger partial charge < -0.3 is 20.4 Å². The average molecular weight is 460 g/mol. The first-order valence-corrected chi connectivity index (χ1v) is 10.4. The predicted octanol–water partition coefficient (Wildman–Crippen LogP) is 3.65. The lowest BCUT2D eigenvalue weighted by atomic mass is 9.90. The molecule has 0 radical (unpaired) electrons. The van der Waals surface area contributed by atoms with Crippen molar-refractivity contribution in [3.05, 3.63) is 70.8 Å². The minimum absolute atomic E-state index is 0.240. The Hall–Kier alpha value is -4.46. The van der Waals surface area contributed by atoms with E-state index >= 15 is 0 Å². The monoisotopic (exact) mass is 460 g/mol. The molecule has 4 N–H and O–H groups in total. The molecule has 8 heteroatoms. The van der Waals surface area contributed by atoms with E-state index in [2.05, 4.69) is 0 Å². The van der Waals surface area contributed by atoms with Crippen LogP contribution < -0.4 is 0 Å². The first kappa shape index (κ1) is 22.7. The van der Waals surface area contributed by atoms with Gasteiger partial charge in [-0.05, 0) is 78.8 Å². The molecule has 0 unspecified atom stereocenters. The summed E-state index contributed by atoms with van der Waals surface area (Å²) in [6.07, 6.45) is -0.960. The normalized spacial score (nSPS) is 11.2. The van der Waals surface area contributed by atoms with Gasteiger partial charge in [-0.3, -0.25) is 19.2 Å². The maximum absolute atomic E-state index is 11.4. The number of carboxylic acids is 4. The molecule has 172 valence electrons. The van der Waals surface area contributed by atoms with Gasteiger partial charge in [0.15, 0.2) is 0 Å². The highest BCUT2D eigenvalue weighted by Crippen LogP contribution is 2.34. The van der Waals surface area contributed by atoms with Gasteiger partial charge in [-0.15, -0.1) is 0 Å². The van der Waals surface area contributed by atoms with E-state index in [1.165, 1.54) is 0 Å². The molecule has 0 saturated heterocycles. The van der Waals surface area contributed by atoms with Crippen molar-refractivity contribution in [2.24, 2.45) is 0 Å². The van der Waals surface area contributed by atoms with E-state index in [0.717, 1.165) is 0 Å². The average Bonchev–Trinajstić information content (AvgIpc) is 2.73. The third-order valence-electron chi connectivity index (χ3n) is 5.83. The highest BCUT2D eigenvalue weighted by atomic mass is 16.4. The lowest BCUT2D eigenvalue weighted by Crippen LogP contribution is -2.05. The Balaban J connectivity index is 2.07. The van der Waals surface area contributed by atoms with Crippen molar-refractivity contribution < 1.29 is 39.6 Å². The summed E-state index contributed by atoms with van der Waals surface area (Å²) >= 11 is 0. The zero-order valence-corrected chi connectivity index (χ0v) is 17.9. The van der Waals surface area contributed by atoms with Crippen molar-refractivity contribution >= 4 is 56.2 Å². The SMILES string of the molecule is O=C(O)Cc1ccc(CC(=O)O)c2cc3cc4c(CC(=O)O)ccc(CC(=O)O)c4cc3cc12. The van der Waals surface area contributed by atoms with Crippen molar-refractivity contribution in [1.82, 2.24) is 0 Å². The van der Waals surface area contributed by atoms with Crippen molar-refractivity contribution in [2.75, 3.05) is 0 Å². The summed E-state index contributed by atoms with van der Waals surface area (Å²) in [6.45, 7) is 0. The Kier molecular flexibility index (Phi) is 5.89. The minimum atomic E-state index is -1.02. The van der Waals surface area contributed by atoms with Crippen molar-refractivity contribution in [3.63, 3.8) is 0 Å². The largest absolute Gasteiger partial charge is 0.481 e. The molecule has 4 aromatic carbocycles. The van der Waals surface area contributed by atoms with Crippen LogP contribution in [-0.4, -0.2) is 44.3 Å². The van der Waals surface area contributed by atoms with Crippen LogP contribution in [0.1, 0.15) is 22.3 Å². The lowest BCUT2D eigenvalue weighted by molar-refractivity contribution is -0.137. The number of aliphatic carboxylic acids is 4. The van der Waals surface area contributed by atoms with Crippen LogP contribution in [0.25, 0.3) is 32.3 Å². The van der Waals surface area contributed by atoms with Gasteiger partial charge >= 0.3 is 23.9 Å². The number of hydrogen-bond donors (Lipinski definition) is 4. The minimum Gasteiger partial charge on any atom is -0.481 e. The second-order valence-electron chi connectivity index (χ2n) is 8.19. The smallest absolute Gasteiger partial charge is 0.307 e. The molecule has 8 nitrogen and oxygen atoms in total. The van der Waals surface area contributed by atoms with Crippen molar-refractivity contribution in [2.45, 2.75) is 25.7 Å². The summed E-state index contributed by atoms with van der Waals surface area (Å²) in [6, 6.07) is 13.6. The molecule has 0 aliphatic rings. The van der Waals surface area contributed by atoms with Gasteiger partial charge in [0, 0.05) is 0 Å². The van der Waals surface area contributed by atoms with E-state index in [0.29, 0.717) is 54.6 Å². The fraction of sp³-hybridized carbons (Fsp3) is 0.154. The van der Waals surface area contributed by atoms with E-state index < -0.39 is 23.9 Å². The topological polar surface area (TPSA) is 149 Å². The highest BCUT2D eigenvalue weighted by molar-refractivity contribution is 6.09. The molecule has 0 saturated carbocycles. The predicted molar refractivity (Wildman–Crippen MR) is 124 cm³/mol.